The van der Waals surface area contributed by atoms with E-state index < -0.39 is 17.9 Å². The Labute approximate surface area is 183 Å². The third-order valence-electron chi connectivity index (χ3n) is 4.38. The van der Waals surface area contributed by atoms with Crippen molar-refractivity contribution in [1.29, 1.82) is 0 Å². The van der Waals surface area contributed by atoms with E-state index >= 15 is 0 Å². The van der Waals surface area contributed by atoms with Gasteiger partial charge in [-0.15, -0.1) is 0 Å². The molecule has 1 atom stereocenters. The van der Waals surface area contributed by atoms with E-state index in [0.29, 0.717) is 22.0 Å². The number of hydrogen-bond donors (Lipinski definition) is 2. The molecule has 1 unspecified atom stereocenters. The molecule has 0 saturated carbocycles. The van der Waals surface area contributed by atoms with E-state index in [-0.39, 0.29) is 17.1 Å². The number of nitrogens with one attached hydrogen (secondary N) is 1. The largest absolute Gasteiger partial charge is 0.494 e. The first-order chi connectivity index (χ1) is 14.4. The van der Waals surface area contributed by atoms with E-state index in [1.54, 1.807) is 18.2 Å². The third kappa shape index (κ3) is 5.09. The molecular weight excluding hydrogens is 427 g/mol. The fourth-order valence-corrected chi connectivity index (χ4v) is 3.51. The van der Waals surface area contributed by atoms with Crippen LogP contribution in [-0.4, -0.2) is 29.1 Å². The van der Waals surface area contributed by atoms with E-state index in [1.165, 1.54) is 19.2 Å². The van der Waals surface area contributed by atoms with Crippen LogP contribution >= 0.6 is 23.2 Å². The lowest BCUT2D eigenvalue weighted by molar-refractivity contribution is -0.137. The van der Waals surface area contributed by atoms with Gasteiger partial charge in [-0.2, -0.15) is 0 Å². The highest BCUT2D eigenvalue weighted by Gasteiger charge is 2.23. The van der Waals surface area contributed by atoms with Gasteiger partial charge in [0, 0.05) is 15.6 Å². The van der Waals surface area contributed by atoms with Crippen molar-refractivity contribution < 1.29 is 19.4 Å². The zero-order valence-electron chi connectivity index (χ0n) is 15.9. The Kier molecular flexibility index (Phi) is 6.92. The molecule has 154 valence electrons. The van der Waals surface area contributed by atoms with Crippen molar-refractivity contribution in [3.05, 3.63) is 82.0 Å². The summed E-state index contributed by atoms with van der Waals surface area (Å²) in [4.78, 5) is 28.7. The van der Waals surface area contributed by atoms with Crippen LogP contribution in [0.15, 0.2) is 60.7 Å². The number of halogens is 2. The minimum Gasteiger partial charge on any atom is -0.494 e. The molecule has 3 aromatic rings. The summed E-state index contributed by atoms with van der Waals surface area (Å²) in [6, 6.07) is 16.3. The van der Waals surface area contributed by atoms with E-state index in [2.05, 4.69) is 10.3 Å². The molecule has 0 aliphatic heterocycles. The van der Waals surface area contributed by atoms with E-state index in [9.17, 15) is 14.7 Å². The van der Waals surface area contributed by atoms with Crippen LogP contribution in [-0.2, 0) is 4.79 Å². The Hall–Kier alpha value is -3.09. The van der Waals surface area contributed by atoms with Crippen molar-refractivity contribution in [2.75, 3.05) is 7.11 Å². The number of carbonyl (C=O) groups is 2. The fraction of sp³-hybridized carbons (Fsp3) is 0.136. The van der Waals surface area contributed by atoms with Gasteiger partial charge in [0.1, 0.15) is 17.1 Å². The average molecular weight is 445 g/mol. The maximum Gasteiger partial charge on any atom is 0.305 e. The number of carboxylic acids is 1. The van der Waals surface area contributed by atoms with Crippen LogP contribution in [0, 0.1) is 0 Å². The maximum absolute atomic E-state index is 12.9. The molecule has 0 spiro atoms. The third-order valence-corrected chi connectivity index (χ3v) is 4.94. The number of benzene rings is 2. The lowest BCUT2D eigenvalue weighted by Crippen LogP contribution is -2.31. The first-order valence-electron chi connectivity index (χ1n) is 8.97. The molecule has 0 bridgehead atoms. The number of aromatic nitrogens is 1. The molecule has 2 N–H and O–H groups in total. The van der Waals surface area contributed by atoms with Crippen molar-refractivity contribution in [3.63, 3.8) is 0 Å². The fourth-order valence-electron chi connectivity index (χ4n) is 2.97. The topological polar surface area (TPSA) is 88.5 Å². The summed E-state index contributed by atoms with van der Waals surface area (Å²) >= 11 is 12.1. The van der Waals surface area contributed by atoms with Gasteiger partial charge in [0.05, 0.1) is 19.6 Å². The molecule has 0 fully saturated rings. The van der Waals surface area contributed by atoms with Gasteiger partial charge in [-0.3, -0.25) is 9.59 Å². The van der Waals surface area contributed by atoms with E-state index in [0.717, 1.165) is 5.56 Å². The zero-order chi connectivity index (χ0) is 21.7. The standard InChI is InChI=1S/C22H18Cl2N2O4/c1-30-19-10-9-17(25-21(19)13-5-3-2-4-6-13)22(29)26-18(12-20(27)28)15-8-7-14(23)11-16(15)24/h2-11,18H,12H2,1H3,(H,26,29)(H,27,28). The van der Waals surface area contributed by atoms with Gasteiger partial charge in [0.15, 0.2) is 0 Å². The van der Waals surface area contributed by atoms with Gasteiger partial charge in [0.2, 0.25) is 0 Å². The van der Waals surface area contributed by atoms with Crippen LogP contribution in [0.1, 0.15) is 28.5 Å². The van der Waals surface area contributed by atoms with E-state index in [1.807, 2.05) is 30.3 Å². The van der Waals surface area contributed by atoms with Crippen molar-refractivity contribution in [2.45, 2.75) is 12.5 Å². The summed E-state index contributed by atoms with van der Waals surface area (Å²) in [5.41, 5.74) is 1.86. The average Bonchev–Trinajstić information content (AvgIpc) is 2.73. The molecule has 1 aromatic heterocycles. The summed E-state index contributed by atoms with van der Waals surface area (Å²) in [5.74, 6) is -1.10. The quantitative estimate of drug-likeness (QED) is 0.534. The number of amides is 1. The van der Waals surface area contributed by atoms with Gasteiger partial charge in [-0.25, -0.2) is 4.98 Å². The molecular formula is C22H18Cl2N2O4. The van der Waals surface area contributed by atoms with Crippen molar-refractivity contribution >= 4 is 35.1 Å². The number of ether oxygens (including phenoxy) is 1. The molecule has 3 rings (SSSR count). The molecule has 6 nitrogen and oxygen atoms in total. The Balaban J connectivity index is 1.93. The Morgan fingerprint density at radius 2 is 1.83 bits per heavy atom. The molecule has 8 heteroatoms. The van der Waals surface area contributed by atoms with E-state index in [4.69, 9.17) is 27.9 Å². The second-order valence-electron chi connectivity index (χ2n) is 6.40. The molecule has 0 aliphatic carbocycles. The smallest absolute Gasteiger partial charge is 0.305 e. The van der Waals surface area contributed by atoms with Crippen LogP contribution in [0.5, 0.6) is 5.75 Å². The second kappa shape index (κ2) is 9.61. The highest BCUT2D eigenvalue weighted by molar-refractivity contribution is 6.35. The summed E-state index contributed by atoms with van der Waals surface area (Å²) in [6.45, 7) is 0. The minimum absolute atomic E-state index is 0.120. The number of pyridine rings is 1. The zero-order valence-corrected chi connectivity index (χ0v) is 17.4. The summed E-state index contributed by atoms with van der Waals surface area (Å²) in [7, 11) is 1.52. The van der Waals surface area contributed by atoms with Crippen molar-refractivity contribution in [3.8, 4) is 17.0 Å². The Bertz CT molecular complexity index is 1070. The predicted octanol–water partition coefficient (Wildman–Crippen LogP) is 5.01. The van der Waals surface area contributed by atoms with Gasteiger partial charge in [0.25, 0.3) is 5.91 Å². The molecule has 30 heavy (non-hydrogen) atoms. The minimum atomic E-state index is -1.08. The monoisotopic (exact) mass is 444 g/mol. The first-order valence-corrected chi connectivity index (χ1v) is 9.72. The Morgan fingerprint density at radius 3 is 2.47 bits per heavy atom. The summed E-state index contributed by atoms with van der Waals surface area (Å²) < 4.78 is 5.36. The van der Waals surface area contributed by atoms with Crippen LogP contribution in [0.3, 0.4) is 0 Å². The van der Waals surface area contributed by atoms with Gasteiger partial charge in [-0.05, 0) is 29.8 Å². The Morgan fingerprint density at radius 1 is 1.10 bits per heavy atom. The van der Waals surface area contributed by atoms with Crippen LogP contribution in [0.4, 0.5) is 0 Å². The molecule has 1 heterocycles. The molecule has 0 aliphatic rings. The van der Waals surface area contributed by atoms with Gasteiger partial charge >= 0.3 is 5.97 Å². The number of carboxylic acid groups (broad SMARTS) is 1. The SMILES string of the molecule is COc1ccc(C(=O)NC(CC(=O)O)c2ccc(Cl)cc2Cl)nc1-c1ccccc1. The molecule has 1 amide bonds. The van der Waals surface area contributed by atoms with Gasteiger partial charge in [-0.1, -0.05) is 59.6 Å². The lowest BCUT2D eigenvalue weighted by Gasteiger charge is -2.19. The van der Waals surface area contributed by atoms with Crippen molar-refractivity contribution in [2.24, 2.45) is 0 Å². The first kappa shape index (κ1) is 21.6. The highest BCUT2D eigenvalue weighted by Crippen LogP contribution is 2.30. The summed E-state index contributed by atoms with van der Waals surface area (Å²) in [5, 5.41) is 12.7. The van der Waals surface area contributed by atoms with Crippen LogP contribution < -0.4 is 10.1 Å². The summed E-state index contributed by atoms with van der Waals surface area (Å²) in [6.07, 6.45) is -0.352. The number of methoxy groups -OCH3 is 1. The number of carbonyl (C=O) groups excluding carboxylic acids is 1. The molecule has 0 saturated heterocycles. The molecule has 2 aromatic carbocycles. The van der Waals surface area contributed by atoms with Crippen molar-refractivity contribution in [1.82, 2.24) is 10.3 Å². The predicted molar refractivity (Wildman–Crippen MR) is 115 cm³/mol. The highest BCUT2D eigenvalue weighted by atomic mass is 35.5. The second-order valence-corrected chi connectivity index (χ2v) is 7.25. The van der Waals surface area contributed by atoms with Crippen LogP contribution in [0.25, 0.3) is 11.3 Å². The number of aliphatic carboxylic acids is 1. The van der Waals surface area contributed by atoms with Gasteiger partial charge < -0.3 is 15.2 Å². The lowest BCUT2D eigenvalue weighted by atomic mass is 10.0. The number of hydrogen-bond acceptors (Lipinski definition) is 4. The van der Waals surface area contributed by atoms with Crippen LogP contribution in [0.2, 0.25) is 10.0 Å². The normalized spacial score (nSPS) is 11.6. The maximum atomic E-state index is 12.9. The number of nitrogens with zero attached hydrogens (tertiary/aromatic N) is 1. The number of rotatable bonds is 7. The molecule has 0 radical (unpaired) electrons.